The SMILES string of the molecule is COc1ccc(-c2cn3ccccc3n2)cc1NC(=O)c1ccc(C#N)cc1. The highest BCUT2D eigenvalue weighted by Crippen LogP contribution is 2.30. The van der Waals surface area contributed by atoms with Crippen LogP contribution in [-0.2, 0) is 0 Å². The first-order chi connectivity index (χ1) is 13.7. The van der Waals surface area contributed by atoms with Crippen molar-refractivity contribution in [2.45, 2.75) is 0 Å². The molecule has 28 heavy (non-hydrogen) atoms. The molecule has 2 aromatic carbocycles. The van der Waals surface area contributed by atoms with Crippen LogP contribution < -0.4 is 10.1 Å². The van der Waals surface area contributed by atoms with E-state index in [1.807, 2.05) is 53.2 Å². The number of ether oxygens (including phenoxy) is 1. The van der Waals surface area contributed by atoms with Crippen molar-refractivity contribution in [1.82, 2.24) is 9.38 Å². The Balaban J connectivity index is 1.66. The van der Waals surface area contributed by atoms with Gasteiger partial charge in [0.1, 0.15) is 11.4 Å². The summed E-state index contributed by atoms with van der Waals surface area (Å²) in [7, 11) is 1.55. The molecular weight excluding hydrogens is 352 g/mol. The minimum absolute atomic E-state index is 0.282. The summed E-state index contributed by atoms with van der Waals surface area (Å²) in [5.41, 5.74) is 4.01. The normalized spacial score (nSPS) is 10.4. The molecule has 0 saturated carbocycles. The lowest BCUT2D eigenvalue weighted by molar-refractivity contribution is 0.102. The molecule has 4 rings (SSSR count). The first kappa shape index (κ1) is 17.3. The van der Waals surface area contributed by atoms with Gasteiger partial charge in [0, 0.05) is 23.5 Å². The lowest BCUT2D eigenvalue weighted by Gasteiger charge is -2.11. The van der Waals surface area contributed by atoms with Gasteiger partial charge in [0.05, 0.1) is 30.1 Å². The fourth-order valence-corrected chi connectivity index (χ4v) is 2.93. The van der Waals surface area contributed by atoms with Crippen molar-refractivity contribution in [3.05, 3.63) is 84.2 Å². The molecule has 1 amide bonds. The lowest BCUT2D eigenvalue weighted by Crippen LogP contribution is -2.12. The van der Waals surface area contributed by atoms with Crippen LogP contribution in [0.3, 0.4) is 0 Å². The minimum atomic E-state index is -0.282. The van der Waals surface area contributed by atoms with E-state index in [4.69, 9.17) is 10.00 Å². The van der Waals surface area contributed by atoms with E-state index >= 15 is 0 Å². The smallest absolute Gasteiger partial charge is 0.255 e. The van der Waals surface area contributed by atoms with Gasteiger partial charge in [-0.15, -0.1) is 0 Å². The Morgan fingerprint density at radius 3 is 2.68 bits per heavy atom. The molecule has 0 aliphatic rings. The molecule has 0 unspecified atom stereocenters. The summed E-state index contributed by atoms with van der Waals surface area (Å²) < 4.78 is 7.32. The van der Waals surface area contributed by atoms with Gasteiger partial charge in [-0.05, 0) is 54.6 Å². The van der Waals surface area contributed by atoms with E-state index in [0.29, 0.717) is 22.6 Å². The van der Waals surface area contributed by atoms with Gasteiger partial charge in [0.2, 0.25) is 0 Å². The predicted octanol–water partition coefficient (Wildman–Crippen LogP) is 4.13. The summed E-state index contributed by atoms with van der Waals surface area (Å²) in [6, 6.07) is 19.8. The van der Waals surface area contributed by atoms with Gasteiger partial charge in [-0.1, -0.05) is 6.07 Å². The summed E-state index contributed by atoms with van der Waals surface area (Å²) in [5, 5.41) is 11.8. The number of aromatic nitrogens is 2. The Morgan fingerprint density at radius 2 is 1.96 bits per heavy atom. The number of carbonyl (C=O) groups excluding carboxylic acids is 1. The number of methoxy groups -OCH3 is 1. The molecule has 0 fully saturated rings. The van der Waals surface area contributed by atoms with E-state index < -0.39 is 0 Å². The van der Waals surface area contributed by atoms with Gasteiger partial charge >= 0.3 is 0 Å². The average Bonchev–Trinajstić information content (AvgIpc) is 3.18. The Morgan fingerprint density at radius 1 is 1.14 bits per heavy atom. The molecular formula is C22H16N4O2. The number of imidazole rings is 1. The summed E-state index contributed by atoms with van der Waals surface area (Å²) in [6.45, 7) is 0. The second-order valence-electron chi connectivity index (χ2n) is 6.15. The van der Waals surface area contributed by atoms with Gasteiger partial charge in [0.25, 0.3) is 5.91 Å². The van der Waals surface area contributed by atoms with Crippen LogP contribution >= 0.6 is 0 Å². The number of amides is 1. The molecule has 4 aromatic rings. The minimum Gasteiger partial charge on any atom is -0.495 e. The van der Waals surface area contributed by atoms with Gasteiger partial charge in [-0.3, -0.25) is 4.79 Å². The number of nitrogens with one attached hydrogen (secondary N) is 1. The number of hydrogen-bond donors (Lipinski definition) is 1. The molecule has 0 saturated heterocycles. The Labute approximate surface area is 161 Å². The monoisotopic (exact) mass is 368 g/mol. The Bertz CT molecular complexity index is 1170. The largest absolute Gasteiger partial charge is 0.495 e. The maximum Gasteiger partial charge on any atom is 0.255 e. The van der Waals surface area contributed by atoms with Gasteiger partial charge in [-0.2, -0.15) is 5.26 Å². The maximum atomic E-state index is 12.6. The summed E-state index contributed by atoms with van der Waals surface area (Å²) in [6.07, 6.45) is 3.87. The molecule has 0 radical (unpaired) electrons. The van der Waals surface area contributed by atoms with E-state index in [1.54, 1.807) is 37.4 Å². The number of nitrogens with zero attached hydrogens (tertiary/aromatic N) is 3. The molecule has 136 valence electrons. The molecule has 6 heteroatoms. The van der Waals surface area contributed by atoms with Crippen LogP contribution in [0.4, 0.5) is 5.69 Å². The van der Waals surface area contributed by atoms with E-state index in [-0.39, 0.29) is 5.91 Å². The van der Waals surface area contributed by atoms with Crippen molar-refractivity contribution < 1.29 is 9.53 Å². The molecule has 0 aliphatic carbocycles. The van der Waals surface area contributed by atoms with Crippen LogP contribution in [0.2, 0.25) is 0 Å². The third-order valence-corrected chi connectivity index (χ3v) is 4.38. The average molecular weight is 368 g/mol. The zero-order valence-electron chi connectivity index (χ0n) is 15.1. The Kier molecular flexibility index (Phi) is 4.48. The standard InChI is InChI=1S/C22H16N4O2/c1-28-20-10-9-17(19-14-26-11-3-2-4-21(26)24-19)12-18(20)25-22(27)16-7-5-15(13-23)6-8-16/h2-12,14H,1H3,(H,25,27). The summed E-state index contributed by atoms with van der Waals surface area (Å²) in [5.74, 6) is 0.268. The van der Waals surface area contributed by atoms with Crippen LogP contribution in [0.5, 0.6) is 5.75 Å². The molecule has 0 spiro atoms. The van der Waals surface area contributed by atoms with Gasteiger partial charge in [0.15, 0.2) is 0 Å². The molecule has 1 N–H and O–H groups in total. The van der Waals surface area contributed by atoms with Crippen LogP contribution in [0, 0.1) is 11.3 Å². The number of benzene rings is 2. The topological polar surface area (TPSA) is 79.4 Å². The van der Waals surface area contributed by atoms with Crippen LogP contribution in [0.25, 0.3) is 16.9 Å². The van der Waals surface area contributed by atoms with Crippen molar-refractivity contribution in [1.29, 1.82) is 5.26 Å². The van der Waals surface area contributed by atoms with Gasteiger partial charge < -0.3 is 14.5 Å². The van der Waals surface area contributed by atoms with Crippen molar-refractivity contribution in [3.63, 3.8) is 0 Å². The number of pyridine rings is 1. The van der Waals surface area contributed by atoms with Crippen LogP contribution in [0.1, 0.15) is 15.9 Å². The van der Waals surface area contributed by atoms with Crippen molar-refractivity contribution in [2.75, 3.05) is 12.4 Å². The molecule has 0 aliphatic heterocycles. The number of carbonyl (C=O) groups is 1. The first-order valence-corrected chi connectivity index (χ1v) is 8.61. The highest BCUT2D eigenvalue weighted by Gasteiger charge is 2.13. The molecule has 0 atom stereocenters. The van der Waals surface area contributed by atoms with Crippen molar-refractivity contribution in [2.24, 2.45) is 0 Å². The van der Waals surface area contributed by atoms with Crippen molar-refractivity contribution in [3.8, 4) is 23.1 Å². The van der Waals surface area contributed by atoms with E-state index in [2.05, 4.69) is 10.3 Å². The maximum absolute atomic E-state index is 12.6. The fourth-order valence-electron chi connectivity index (χ4n) is 2.93. The number of anilines is 1. The number of rotatable bonds is 4. The van der Waals surface area contributed by atoms with Crippen molar-refractivity contribution >= 4 is 17.2 Å². The number of nitriles is 1. The zero-order valence-corrected chi connectivity index (χ0v) is 15.1. The zero-order chi connectivity index (χ0) is 19.5. The number of fused-ring (bicyclic) bond motifs is 1. The van der Waals surface area contributed by atoms with E-state index in [1.165, 1.54) is 0 Å². The lowest BCUT2D eigenvalue weighted by atomic mass is 10.1. The molecule has 0 bridgehead atoms. The molecule has 2 heterocycles. The summed E-state index contributed by atoms with van der Waals surface area (Å²) in [4.78, 5) is 17.2. The second kappa shape index (κ2) is 7.25. The highest BCUT2D eigenvalue weighted by atomic mass is 16.5. The third kappa shape index (κ3) is 3.29. The fraction of sp³-hybridized carbons (Fsp3) is 0.0455. The van der Waals surface area contributed by atoms with Crippen LogP contribution in [0.15, 0.2) is 73.1 Å². The molecule has 6 nitrogen and oxygen atoms in total. The summed E-state index contributed by atoms with van der Waals surface area (Å²) >= 11 is 0. The highest BCUT2D eigenvalue weighted by molar-refractivity contribution is 6.05. The van der Waals surface area contributed by atoms with Gasteiger partial charge in [-0.25, -0.2) is 4.98 Å². The molecule has 2 aromatic heterocycles. The first-order valence-electron chi connectivity index (χ1n) is 8.61. The predicted molar refractivity (Wildman–Crippen MR) is 106 cm³/mol. The second-order valence-corrected chi connectivity index (χ2v) is 6.15. The van der Waals surface area contributed by atoms with E-state index in [9.17, 15) is 4.79 Å². The van der Waals surface area contributed by atoms with E-state index in [0.717, 1.165) is 16.9 Å². The van der Waals surface area contributed by atoms with Crippen LogP contribution in [-0.4, -0.2) is 22.4 Å². The number of hydrogen-bond acceptors (Lipinski definition) is 4. The quantitative estimate of drug-likeness (QED) is 0.587. The third-order valence-electron chi connectivity index (χ3n) is 4.38. The Hall–Kier alpha value is -4.11.